The molecule has 0 radical (unpaired) electrons. The summed E-state index contributed by atoms with van der Waals surface area (Å²) in [6.45, 7) is 3.42. The molecule has 1 atom stereocenters. The van der Waals surface area contributed by atoms with Crippen LogP contribution in [0.4, 0.5) is 0 Å². The summed E-state index contributed by atoms with van der Waals surface area (Å²) in [6.07, 6.45) is 3.19. The zero-order valence-corrected chi connectivity index (χ0v) is 19.6. The maximum atomic E-state index is 11.9. The Bertz CT molecular complexity index is 989. The average molecular weight is 494 g/mol. The quantitative estimate of drug-likeness (QED) is 0.315. The van der Waals surface area contributed by atoms with E-state index >= 15 is 0 Å². The van der Waals surface area contributed by atoms with E-state index in [0.29, 0.717) is 52.4 Å². The van der Waals surface area contributed by atoms with Crippen molar-refractivity contribution in [1.29, 1.82) is 0 Å². The third kappa shape index (κ3) is 7.35. The minimum absolute atomic E-state index is 0.0445. The molecule has 2 aromatic carbocycles. The van der Waals surface area contributed by atoms with Gasteiger partial charge < -0.3 is 19.5 Å². The SMILES string of the molecule is CCOc1cc(/C=N\NC(=O)C(=O)NC[C@H]2CCCO2)ccc1OCc1c(Cl)cccc1Cl. The molecule has 2 amide bonds. The summed E-state index contributed by atoms with van der Waals surface area (Å²) in [6, 6.07) is 10.4. The lowest BCUT2D eigenvalue weighted by Crippen LogP contribution is -2.41. The molecule has 0 spiro atoms. The Morgan fingerprint density at radius 1 is 1.15 bits per heavy atom. The second-order valence-electron chi connectivity index (χ2n) is 7.17. The lowest BCUT2D eigenvalue weighted by molar-refractivity contribution is -0.139. The second kappa shape index (κ2) is 12.4. The molecule has 176 valence electrons. The smallest absolute Gasteiger partial charge is 0.329 e. The normalized spacial score (nSPS) is 15.4. The Kier molecular flexibility index (Phi) is 9.35. The fourth-order valence-corrected chi connectivity index (χ4v) is 3.63. The van der Waals surface area contributed by atoms with Crippen molar-refractivity contribution in [3.63, 3.8) is 0 Å². The van der Waals surface area contributed by atoms with Gasteiger partial charge in [-0.25, -0.2) is 5.43 Å². The molecule has 1 saturated heterocycles. The highest BCUT2D eigenvalue weighted by Crippen LogP contribution is 2.31. The standard InChI is InChI=1S/C23H25Cl2N3O5/c1-2-31-21-11-15(8-9-20(21)33-14-17-18(24)6-3-7-19(17)25)12-27-28-23(30)22(29)26-13-16-5-4-10-32-16/h3,6-9,11-12,16H,2,4-5,10,13-14H2,1H3,(H,26,29)(H,28,30)/b27-12-/t16-/m1/s1. The first-order chi connectivity index (χ1) is 16.0. The average Bonchev–Trinajstić information content (AvgIpc) is 3.32. The van der Waals surface area contributed by atoms with Crippen LogP contribution in [0.25, 0.3) is 0 Å². The summed E-state index contributed by atoms with van der Waals surface area (Å²) >= 11 is 12.4. The predicted octanol–water partition coefficient (Wildman–Crippen LogP) is 3.72. The van der Waals surface area contributed by atoms with Crippen molar-refractivity contribution in [2.24, 2.45) is 5.10 Å². The van der Waals surface area contributed by atoms with Crippen LogP contribution in [0.3, 0.4) is 0 Å². The number of carbonyl (C=O) groups is 2. The van der Waals surface area contributed by atoms with Gasteiger partial charge in [0.2, 0.25) is 0 Å². The van der Waals surface area contributed by atoms with E-state index in [0.717, 1.165) is 12.8 Å². The Labute approximate surface area is 202 Å². The van der Waals surface area contributed by atoms with Crippen molar-refractivity contribution in [1.82, 2.24) is 10.7 Å². The van der Waals surface area contributed by atoms with Crippen molar-refractivity contribution in [2.75, 3.05) is 19.8 Å². The van der Waals surface area contributed by atoms with Crippen molar-refractivity contribution < 1.29 is 23.8 Å². The molecule has 0 aliphatic carbocycles. The first-order valence-corrected chi connectivity index (χ1v) is 11.3. The van der Waals surface area contributed by atoms with Gasteiger partial charge in [0, 0.05) is 28.8 Å². The van der Waals surface area contributed by atoms with Crippen LogP contribution in [-0.2, 0) is 20.9 Å². The number of benzene rings is 2. The maximum absolute atomic E-state index is 11.9. The van der Waals surface area contributed by atoms with Gasteiger partial charge >= 0.3 is 11.8 Å². The van der Waals surface area contributed by atoms with Crippen LogP contribution < -0.4 is 20.2 Å². The molecule has 0 bridgehead atoms. The Morgan fingerprint density at radius 2 is 1.94 bits per heavy atom. The van der Waals surface area contributed by atoms with Crippen LogP contribution in [0, 0.1) is 0 Å². The third-order valence-electron chi connectivity index (χ3n) is 4.80. The van der Waals surface area contributed by atoms with Crippen molar-refractivity contribution in [3.8, 4) is 11.5 Å². The second-order valence-corrected chi connectivity index (χ2v) is 7.99. The van der Waals surface area contributed by atoms with Crippen molar-refractivity contribution in [3.05, 3.63) is 57.6 Å². The molecule has 0 saturated carbocycles. The van der Waals surface area contributed by atoms with E-state index in [1.165, 1.54) is 6.21 Å². The lowest BCUT2D eigenvalue weighted by atomic mass is 10.2. The van der Waals surface area contributed by atoms with Crippen LogP contribution in [0.15, 0.2) is 41.5 Å². The molecule has 2 aromatic rings. The van der Waals surface area contributed by atoms with E-state index < -0.39 is 11.8 Å². The van der Waals surface area contributed by atoms with Gasteiger partial charge in [0.25, 0.3) is 0 Å². The van der Waals surface area contributed by atoms with Gasteiger partial charge in [-0.15, -0.1) is 0 Å². The summed E-state index contributed by atoms with van der Waals surface area (Å²) in [7, 11) is 0. The largest absolute Gasteiger partial charge is 0.490 e. The molecule has 3 rings (SSSR count). The Hall–Kier alpha value is -2.81. The predicted molar refractivity (Wildman–Crippen MR) is 126 cm³/mol. The lowest BCUT2D eigenvalue weighted by Gasteiger charge is -2.14. The number of halogens is 2. The molecule has 1 heterocycles. The van der Waals surface area contributed by atoms with E-state index in [4.69, 9.17) is 37.4 Å². The molecule has 1 aliphatic heterocycles. The van der Waals surface area contributed by atoms with Crippen LogP contribution in [0.5, 0.6) is 11.5 Å². The molecular weight excluding hydrogens is 469 g/mol. The van der Waals surface area contributed by atoms with E-state index in [-0.39, 0.29) is 12.7 Å². The minimum atomic E-state index is -0.856. The van der Waals surface area contributed by atoms with Crippen LogP contribution >= 0.6 is 23.2 Å². The molecule has 0 aromatic heterocycles. The number of ether oxygens (including phenoxy) is 3. The zero-order chi connectivity index (χ0) is 23.6. The molecule has 2 N–H and O–H groups in total. The number of hydrogen-bond donors (Lipinski definition) is 2. The van der Waals surface area contributed by atoms with Crippen LogP contribution in [0.1, 0.15) is 30.9 Å². The highest BCUT2D eigenvalue weighted by atomic mass is 35.5. The fourth-order valence-electron chi connectivity index (χ4n) is 3.12. The highest BCUT2D eigenvalue weighted by Gasteiger charge is 2.19. The highest BCUT2D eigenvalue weighted by molar-refractivity contribution is 6.36. The van der Waals surface area contributed by atoms with E-state index in [9.17, 15) is 9.59 Å². The first-order valence-electron chi connectivity index (χ1n) is 10.5. The number of rotatable bonds is 9. The third-order valence-corrected chi connectivity index (χ3v) is 5.51. The van der Waals surface area contributed by atoms with Gasteiger partial charge in [-0.05, 0) is 55.7 Å². The van der Waals surface area contributed by atoms with Crippen LogP contribution in [-0.4, -0.2) is 43.9 Å². The molecule has 1 fully saturated rings. The Morgan fingerprint density at radius 3 is 2.64 bits per heavy atom. The van der Waals surface area contributed by atoms with Gasteiger partial charge in [-0.2, -0.15) is 5.10 Å². The van der Waals surface area contributed by atoms with Gasteiger partial charge in [0.1, 0.15) is 6.61 Å². The first kappa shape index (κ1) is 24.8. The summed E-state index contributed by atoms with van der Waals surface area (Å²) in [4.78, 5) is 23.7. The summed E-state index contributed by atoms with van der Waals surface area (Å²) in [5, 5.41) is 7.41. The topological polar surface area (TPSA) is 98.2 Å². The molecule has 1 aliphatic rings. The zero-order valence-electron chi connectivity index (χ0n) is 18.1. The number of nitrogens with one attached hydrogen (secondary N) is 2. The number of hydrogen-bond acceptors (Lipinski definition) is 6. The summed E-state index contributed by atoms with van der Waals surface area (Å²) in [5.41, 5.74) is 3.52. The maximum Gasteiger partial charge on any atom is 0.329 e. The Balaban J connectivity index is 1.56. The van der Waals surface area contributed by atoms with E-state index in [2.05, 4.69) is 15.8 Å². The molecule has 10 heteroatoms. The number of amides is 2. The van der Waals surface area contributed by atoms with Gasteiger partial charge in [-0.3, -0.25) is 9.59 Å². The number of nitrogens with zero attached hydrogens (tertiary/aromatic N) is 1. The molecule has 33 heavy (non-hydrogen) atoms. The van der Waals surface area contributed by atoms with Crippen molar-refractivity contribution >= 4 is 41.2 Å². The molecule has 8 nitrogen and oxygen atoms in total. The minimum Gasteiger partial charge on any atom is -0.490 e. The van der Waals surface area contributed by atoms with Gasteiger partial charge in [0.15, 0.2) is 11.5 Å². The van der Waals surface area contributed by atoms with E-state index in [1.54, 1.807) is 36.4 Å². The summed E-state index contributed by atoms with van der Waals surface area (Å²) in [5.74, 6) is -0.627. The van der Waals surface area contributed by atoms with E-state index in [1.807, 2.05) is 6.92 Å². The molecular formula is C23H25Cl2N3O5. The number of hydrazone groups is 1. The molecule has 0 unspecified atom stereocenters. The summed E-state index contributed by atoms with van der Waals surface area (Å²) < 4.78 is 16.9. The number of carbonyl (C=O) groups excluding carboxylic acids is 2. The van der Waals surface area contributed by atoms with Crippen molar-refractivity contribution in [2.45, 2.75) is 32.5 Å². The fraction of sp³-hybridized carbons (Fsp3) is 0.348. The van der Waals surface area contributed by atoms with Gasteiger partial charge in [-0.1, -0.05) is 29.3 Å². The van der Waals surface area contributed by atoms with Crippen LogP contribution in [0.2, 0.25) is 10.0 Å². The monoisotopic (exact) mass is 493 g/mol. The van der Waals surface area contributed by atoms with Gasteiger partial charge in [0.05, 0.1) is 18.9 Å².